The van der Waals surface area contributed by atoms with Crippen molar-refractivity contribution in [3.63, 3.8) is 0 Å². The number of esters is 1. The zero-order valence-electron chi connectivity index (χ0n) is 17.9. The summed E-state index contributed by atoms with van der Waals surface area (Å²) in [6.07, 6.45) is 4.68. The van der Waals surface area contributed by atoms with Gasteiger partial charge in [-0.1, -0.05) is 42.8 Å². The molecule has 162 valence electrons. The fourth-order valence-electron chi connectivity index (χ4n) is 5.45. The lowest BCUT2D eigenvalue weighted by atomic mass is 9.76. The molecule has 0 bridgehead atoms. The van der Waals surface area contributed by atoms with E-state index < -0.39 is 5.60 Å². The fourth-order valence-corrected chi connectivity index (χ4v) is 5.61. The summed E-state index contributed by atoms with van der Waals surface area (Å²) >= 11 is 6.30. The number of nitrogens with one attached hydrogen (secondary N) is 1. The van der Waals surface area contributed by atoms with E-state index in [0.717, 1.165) is 41.1 Å². The first-order chi connectivity index (χ1) is 15.6. The van der Waals surface area contributed by atoms with Crippen LogP contribution in [0.25, 0.3) is 0 Å². The van der Waals surface area contributed by atoms with E-state index in [9.17, 15) is 4.79 Å². The van der Waals surface area contributed by atoms with Gasteiger partial charge in [0.25, 0.3) is 0 Å². The van der Waals surface area contributed by atoms with Crippen molar-refractivity contribution in [3.8, 4) is 11.5 Å². The van der Waals surface area contributed by atoms with Crippen LogP contribution >= 0.6 is 11.6 Å². The predicted octanol–water partition coefficient (Wildman–Crippen LogP) is 6.90. The second-order valence-corrected chi connectivity index (χ2v) is 9.58. The van der Waals surface area contributed by atoms with E-state index in [1.807, 2.05) is 48.5 Å². The third kappa shape index (κ3) is 2.86. The van der Waals surface area contributed by atoms with Crippen LogP contribution in [0.2, 0.25) is 5.02 Å². The summed E-state index contributed by atoms with van der Waals surface area (Å²) < 4.78 is 12.6. The van der Waals surface area contributed by atoms with E-state index in [0.29, 0.717) is 28.1 Å². The Morgan fingerprint density at radius 3 is 2.59 bits per heavy atom. The number of carbonyl (C=O) groups excluding carboxylic acids is 1. The zero-order chi connectivity index (χ0) is 21.9. The molecule has 1 atom stereocenters. The van der Waals surface area contributed by atoms with Crippen molar-refractivity contribution in [2.75, 3.05) is 5.32 Å². The first-order valence-electron chi connectivity index (χ1n) is 11.3. The fraction of sp³-hybridized carbons (Fsp3) is 0.296. The van der Waals surface area contributed by atoms with Gasteiger partial charge in [0.05, 0.1) is 11.1 Å². The third-order valence-electron chi connectivity index (χ3n) is 7.07. The molecule has 1 N–H and O–H groups in total. The Balaban J connectivity index is 1.57. The van der Waals surface area contributed by atoms with Gasteiger partial charge in [-0.3, -0.25) is 0 Å². The highest BCUT2D eigenvalue weighted by molar-refractivity contribution is 6.30. The van der Waals surface area contributed by atoms with Gasteiger partial charge in [-0.15, -0.1) is 0 Å². The number of carbonyl (C=O) groups is 1. The van der Waals surface area contributed by atoms with Crippen molar-refractivity contribution in [3.05, 3.63) is 87.9 Å². The Bertz CT molecular complexity index is 1230. The van der Waals surface area contributed by atoms with Crippen LogP contribution in [0.4, 0.5) is 5.69 Å². The number of benzene rings is 3. The zero-order valence-corrected chi connectivity index (χ0v) is 18.6. The second kappa shape index (κ2) is 7.28. The first-order valence-corrected chi connectivity index (χ1v) is 11.6. The Morgan fingerprint density at radius 1 is 0.938 bits per heavy atom. The number of anilines is 1. The molecule has 0 amide bonds. The van der Waals surface area contributed by atoms with E-state index in [1.54, 1.807) is 6.07 Å². The van der Waals surface area contributed by atoms with Gasteiger partial charge in [-0.25, -0.2) is 4.79 Å². The number of halogens is 1. The van der Waals surface area contributed by atoms with E-state index in [1.165, 1.54) is 12.8 Å². The van der Waals surface area contributed by atoms with E-state index in [-0.39, 0.29) is 5.97 Å². The van der Waals surface area contributed by atoms with E-state index in [4.69, 9.17) is 21.1 Å². The van der Waals surface area contributed by atoms with Crippen molar-refractivity contribution < 1.29 is 14.3 Å². The standard InChI is InChI=1S/C27H24ClNO3/c1-16-9-12-18(13-10-16)29-22-7-4-8-23-25(22)27(21-14-11-17(28)15-24(21)31-23)20-6-3-2-5-19(20)26(30)32-27/h2-8,11,14-16,18,29H,9-10,12-13H2,1H3. The minimum Gasteiger partial charge on any atom is -0.456 e. The monoisotopic (exact) mass is 445 g/mol. The molecule has 1 saturated carbocycles. The Kier molecular flexibility index (Phi) is 4.48. The third-order valence-corrected chi connectivity index (χ3v) is 7.30. The molecular weight excluding hydrogens is 422 g/mol. The van der Waals surface area contributed by atoms with Crippen LogP contribution in [0.5, 0.6) is 11.5 Å². The van der Waals surface area contributed by atoms with Crippen LogP contribution in [-0.2, 0) is 10.3 Å². The van der Waals surface area contributed by atoms with Gasteiger partial charge >= 0.3 is 5.97 Å². The maximum absolute atomic E-state index is 13.1. The quantitative estimate of drug-likeness (QED) is 0.436. The van der Waals surface area contributed by atoms with Gasteiger partial charge in [0.1, 0.15) is 11.5 Å². The lowest BCUT2D eigenvalue weighted by Gasteiger charge is -2.39. The summed E-state index contributed by atoms with van der Waals surface area (Å²) in [5, 5.41) is 4.35. The largest absolute Gasteiger partial charge is 0.456 e. The van der Waals surface area contributed by atoms with Crippen LogP contribution in [0.3, 0.4) is 0 Å². The molecule has 1 fully saturated rings. The molecule has 2 heterocycles. The number of hydrogen-bond donors (Lipinski definition) is 1. The SMILES string of the molecule is CC1CCC(Nc2cccc3c2C2(OC(=O)c4ccccc42)c2ccc(Cl)cc2O3)CC1. The van der Waals surface area contributed by atoms with Crippen molar-refractivity contribution in [2.45, 2.75) is 44.2 Å². The summed E-state index contributed by atoms with van der Waals surface area (Å²) in [5.41, 5.74) is 2.94. The van der Waals surface area contributed by atoms with Crippen molar-refractivity contribution >= 4 is 23.3 Å². The molecule has 32 heavy (non-hydrogen) atoms. The van der Waals surface area contributed by atoms with E-state index >= 15 is 0 Å². The van der Waals surface area contributed by atoms with Gasteiger partial charge in [0.2, 0.25) is 0 Å². The van der Waals surface area contributed by atoms with Crippen LogP contribution in [0.15, 0.2) is 60.7 Å². The number of hydrogen-bond acceptors (Lipinski definition) is 4. The van der Waals surface area contributed by atoms with Crippen LogP contribution in [0.1, 0.15) is 59.7 Å². The molecule has 3 aromatic rings. The minimum atomic E-state index is -1.08. The summed E-state index contributed by atoms with van der Waals surface area (Å²) in [5.74, 6) is 1.74. The Labute approximate surface area is 192 Å². The molecule has 3 aliphatic rings. The highest BCUT2D eigenvalue weighted by atomic mass is 35.5. The molecule has 5 heteroatoms. The Hall–Kier alpha value is -2.98. The lowest BCUT2D eigenvalue weighted by Crippen LogP contribution is -2.35. The minimum absolute atomic E-state index is 0.323. The summed E-state index contributed by atoms with van der Waals surface area (Å²) in [7, 11) is 0. The van der Waals surface area contributed by atoms with Crippen LogP contribution in [0, 0.1) is 5.92 Å². The number of ether oxygens (including phenoxy) is 2. The topological polar surface area (TPSA) is 47.6 Å². The van der Waals surface area contributed by atoms with Crippen molar-refractivity contribution in [2.24, 2.45) is 5.92 Å². The summed E-state index contributed by atoms with van der Waals surface area (Å²) in [6.45, 7) is 2.32. The number of rotatable bonds is 2. The molecule has 1 aliphatic carbocycles. The average molecular weight is 446 g/mol. The molecule has 0 radical (unpaired) electrons. The molecule has 4 nitrogen and oxygen atoms in total. The van der Waals surface area contributed by atoms with Gasteiger partial charge in [-0.05, 0) is 68.0 Å². The number of fused-ring (bicyclic) bond motifs is 6. The Morgan fingerprint density at radius 2 is 1.75 bits per heavy atom. The molecule has 1 spiro atoms. The maximum atomic E-state index is 13.1. The molecule has 3 aromatic carbocycles. The van der Waals surface area contributed by atoms with Crippen molar-refractivity contribution in [1.29, 1.82) is 0 Å². The van der Waals surface area contributed by atoms with Crippen molar-refractivity contribution in [1.82, 2.24) is 0 Å². The molecule has 1 unspecified atom stereocenters. The smallest absolute Gasteiger partial charge is 0.340 e. The van der Waals surface area contributed by atoms with Crippen LogP contribution < -0.4 is 10.1 Å². The van der Waals surface area contributed by atoms with E-state index in [2.05, 4.69) is 18.3 Å². The summed E-state index contributed by atoms with van der Waals surface area (Å²) in [6, 6.07) is 19.5. The van der Waals surface area contributed by atoms with Gasteiger partial charge in [0, 0.05) is 27.9 Å². The molecule has 0 saturated heterocycles. The predicted molar refractivity (Wildman–Crippen MR) is 125 cm³/mol. The summed E-state index contributed by atoms with van der Waals surface area (Å²) in [4.78, 5) is 13.1. The van der Waals surface area contributed by atoms with Gasteiger partial charge in [0.15, 0.2) is 5.60 Å². The molecule has 6 rings (SSSR count). The molecular formula is C27H24ClNO3. The van der Waals surface area contributed by atoms with Crippen LogP contribution in [-0.4, -0.2) is 12.0 Å². The first kappa shape index (κ1) is 19.7. The van der Waals surface area contributed by atoms with Gasteiger partial charge < -0.3 is 14.8 Å². The highest BCUT2D eigenvalue weighted by Crippen LogP contribution is 2.58. The van der Waals surface area contributed by atoms with Gasteiger partial charge in [-0.2, -0.15) is 0 Å². The molecule has 2 aliphatic heterocycles. The molecule has 0 aromatic heterocycles. The lowest BCUT2D eigenvalue weighted by molar-refractivity contribution is 0.0226. The maximum Gasteiger partial charge on any atom is 0.340 e. The average Bonchev–Trinajstić information content (AvgIpc) is 3.08. The highest BCUT2D eigenvalue weighted by Gasteiger charge is 2.54. The normalized spacial score (nSPS) is 25.4. The second-order valence-electron chi connectivity index (χ2n) is 9.14.